The highest BCUT2D eigenvalue weighted by molar-refractivity contribution is 7.12. The largest absolute Gasteiger partial charge is 0.444 e. The molecule has 2 amide bonds. The number of aromatic nitrogens is 2. The molecule has 2 aromatic heterocycles. The molecule has 4 rings (SSSR count). The number of rotatable bonds is 6. The van der Waals surface area contributed by atoms with Gasteiger partial charge in [-0.15, -0.1) is 11.3 Å². The quantitative estimate of drug-likeness (QED) is 0.219. The molecule has 3 aromatic rings. The molecular formula is C31H33F4N5O3S. The van der Waals surface area contributed by atoms with Crippen molar-refractivity contribution in [1.29, 1.82) is 5.26 Å². The summed E-state index contributed by atoms with van der Waals surface area (Å²) < 4.78 is 64.3. The van der Waals surface area contributed by atoms with Crippen LogP contribution in [0.5, 0.6) is 0 Å². The Labute approximate surface area is 257 Å². The van der Waals surface area contributed by atoms with Crippen LogP contribution in [0.1, 0.15) is 65.8 Å². The number of nitriles is 1. The maximum Gasteiger partial charge on any atom is 0.435 e. The summed E-state index contributed by atoms with van der Waals surface area (Å²) in [5.74, 6) is -1.99. The number of nitrogens with zero attached hydrogens (tertiary/aromatic N) is 5. The second-order valence-corrected chi connectivity index (χ2v) is 12.6. The predicted molar refractivity (Wildman–Crippen MR) is 157 cm³/mol. The number of ether oxygens (including phenoxy) is 1. The van der Waals surface area contributed by atoms with Crippen LogP contribution >= 0.6 is 11.3 Å². The van der Waals surface area contributed by atoms with Gasteiger partial charge in [0.25, 0.3) is 0 Å². The molecule has 3 heterocycles. The first kappa shape index (κ1) is 32.7. The minimum Gasteiger partial charge on any atom is -0.444 e. The number of hydrogen-bond donors (Lipinski definition) is 0. The van der Waals surface area contributed by atoms with E-state index in [-0.39, 0.29) is 37.3 Å². The molecule has 0 spiro atoms. The topological polar surface area (TPSA) is 91.5 Å². The van der Waals surface area contributed by atoms with E-state index < -0.39 is 46.8 Å². The summed E-state index contributed by atoms with van der Waals surface area (Å²) in [4.78, 5) is 29.6. The zero-order valence-electron chi connectivity index (χ0n) is 25.3. The van der Waals surface area contributed by atoms with Crippen molar-refractivity contribution in [2.75, 3.05) is 20.1 Å². The van der Waals surface area contributed by atoms with Crippen molar-refractivity contribution in [3.63, 3.8) is 0 Å². The van der Waals surface area contributed by atoms with Gasteiger partial charge in [0.1, 0.15) is 22.4 Å². The molecule has 0 radical (unpaired) electrons. The Hall–Kier alpha value is -4.18. The standard InChI is InChI=1S/C31H33F4N5O3S/c1-7-40-16-21(28(37-40)31(33,34)35)27-19(10-8-11-22(27)32)20-15-39(17-24-26(20)18(2)23(14-36)44-24)25(41)12-9-13-38(6)29(42)43-30(3,4)5/h8-12,16,20H,7,13,15,17H2,1-6H3/b12-9+/t20-/m0/s1. The molecule has 0 bridgehead atoms. The summed E-state index contributed by atoms with van der Waals surface area (Å²) >= 11 is 1.20. The number of halogens is 4. The molecule has 0 saturated heterocycles. The lowest BCUT2D eigenvalue weighted by atomic mass is 9.81. The van der Waals surface area contributed by atoms with Gasteiger partial charge in [0.15, 0.2) is 5.69 Å². The van der Waals surface area contributed by atoms with Gasteiger partial charge in [-0.05, 0) is 57.4 Å². The van der Waals surface area contributed by atoms with Crippen LogP contribution in [-0.2, 0) is 28.8 Å². The van der Waals surface area contributed by atoms with Gasteiger partial charge in [0.2, 0.25) is 5.91 Å². The molecule has 1 atom stereocenters. The first-order valence-electron chi connectivity index (χ1n) is 13.9. The number of carbonyl (C=O) groups excluding carboxylic acids is 2. The van der Waals surface area contributed by atoms with Crippen molar-refractivity contribution in [1.82, 2.24) is 19.6 Å². The molecule has 0 aliphatic carbocycles. The van der Waals surface area contributed by atoms with E-state index >= 15 is 4.39 Å². The Bertz CT molecular complexity index is 1640. The second kappa shape index (κ2) is 12.4. The van der Waals surface area contributed by atoms with Gasteiger partial charge in [-0.1, -0.05) is 18.2 Å². The van der Waals surface area contributed by atoms with E-state index in [9.17, 15) is 28.0 Å². The van der Waals surface area contributed by atoms with E-state index in [0.29, 0.717) is 20.9 Å². The van der Waals surface area contributed by atoms with Crippen LogP contribution in [0, 0.1) is 24.1 Å². The van der Waals surface area contributed by atoms with Crippen LogP contribution in [0.25, 0.3) is 11.1 Å². The highest BCUT2D eigenvalue weighted by atomic mass is 32.1. The smallest absolute Gasteiger partial charge is 0.435 e. The summed E-state index contributed by atoms with van der Waals surface area (Å²) in [7, 11) is 1.53. The highest BCUT2D eigenvalue weighted by Crippen LogP contribution is 2.46. The summed E-state index contributed by atoms with van der Waals surface area (Å²) in [5, 5.41) is 13.4. The van der Waals surface area contributed by atoms with Gasteiger partial charge in [-0.2, -0.15) is 23.5 Å². The number of likely N-dealkylation sites (N-methyl/N-ethyl adjacent to an activating group) is 1. The van der Waals surface area contributed by atoms with Crippen LogP contribution in [0.2, 0.25) is 0 Å². The van der Waals surface area contributed by atoms with Crippen molar-refractivity contribution in [2.45, 2.75) is 65.4 Å². The molecule has 1 aromatic carbocycles. The third-order valence-electron chi connectivity index (χ3n) is 7.16. The van der Waals surface area contributed by atoms with E-state index in [4.69, 9.17) is 4.74 Å². The first-order valence-corrected chi connectivity index (χ1v) is 14.7. The second-order valence-electron chi connectivity index (χ2n) is 11.5. The van der Waals surface area contributed by atoms with E-state index in [1.807, 2.05) is 0 Å². The third-order valence-corrected chi connectivity index (χ3v) is 8.36. The number of aryl methyl sites for hydroxylation is 1. The molecular weight excluding hydrogens is 598 g/mol. The lowest BCUT2D eigenvalue weighted by Crippen LogP contribution is -2.38. The average Bonchev–Trinajstić information content (AvgIpc) is 3.52. The number of benzene rings is 1. The normalized spacial score (nSPS) is 15.3. The molecule has 1 aliphatic rings. The summed E-state index contributed by atoms with van der Waals surface area (Å²) in [5.41, 5.74) is -0.921. The first-order chi connectivity index (χ1) is 20.6. The zero-order chi connectivity index (χ0) is 32.6. The minimum absolute atomic E-state index is 0.0280. The van der Waals surface area contributed by atoms with E-state index in [1.54, 1.807) is 40.7 Å². The Morgan fingerprint density at radius 3 is 2.59 bits per heavy atom. The van der Waals surface area contributed by atoms with Crippen LogP contribution in [0.4, 0.5) is 22.4 Å². The Morgan fingerprint density at radius 1 is 1.27 bits per heavy atom. The van der Waals surface area contributed by atoms with Crippen molar-refractivity contribution in [3.05, 3.63) is 74.5 Å². The van der Waals surface area contributed by atoms with Crippen molar-refractivity contribution in [3.8, 4) is 17.2 Å². The van der Waals surface area contributed by atoms with E-state index in [1.165, 1.54) is 52.6 Å². The van der Waals surface area contributed by atoms with Crippen molar-refractivity contribution in [2.24, 2.45) is 0 Å². The highest BCUT2D eigenvalue weighted by Gasteiger charge is 2.40. The third kappa shape index (κ3) is 6.80. The molecule has 0 fully saturated rings. The predicted octanol–water partition coefficient (Wildman–Crippen LogP) is 6.87. The van der Waals surface area contributed by atoms with Crippen LogP contribution in [0.15, 0.2) is 36.5 Å². The maximum absolute atomic E-state index is 15.6. The van der Waals surface area contributed by atoms with Gasteiger partial charge >= 0.3 is 12.3 Å². The SMILES string of the molecule is CCn1cc(-c2c(F)cccc2[C@@H]2CN(C(=O)/C=C/CN(C)C(=O)OC(C)(C)C)Cc3sc(C#N)c(C)c32)c(C(F)(F)F)n1. The molecule has 0 unspecified atom stereocenters. The monoisotopic (exact) mass is 631 g/mol. The minimum atomic E-state index is -4.83. The van der Waals surface area contributed by atoms with Crippen LogP contribution in [0.3, 0.4) is 0 Å². The summed E-state index contributed by atoms with van der Waals surface area (Å²) in [6.45, 7) is 9.04. The van der Waals surface area contributed by atoms with Gasteiger partial charge in [-0.25, -0.2) is 9.18 Å². The van der Waals surface area contributed by atoms with Crippen molar-refractivity contribution >= 4 is 23.3 Å². The molecule has 0 saturated carbocycles. The fourth-order valence-corrected chi connectivity index (χ4v) is 6.34. The Morgan fingerprint density at radius 2 is 1.98 bits per heavy atom. The van der Waals surface area contributed by atoms with Crippen molar-refractivity contribution < 1.29 is 31.9 Å². The fourth-order valence-electron chi connectivity index (χ4n) is 5.16. The molecule has 1 aliphatic heterocycles. The maximum atomic E-state index is 15.6. The van der Waals surface area contributed by atoms with Crippen LogP contribution in [-0.4, -0.2) is 57.3 Å². The number of hydrogen-bond acceptors (Lipinski definition) is 6. The number of alkyl halides is 3. The van der Waals surface area contributed by atoms with Gasteiger partial charge < -0.3 is 14.5 Å². The lowest BCUT2D eigenvalue weighted by Gasteiger charge is -2.34. The van der Waals surface area contributed by atoms with Gasteiger partial charge in [0.05, 0.1) is 6.54 Å². The Balaban J connectivity index is 1.74. The molecule has 8 nitrogen and oxygen atoms in total. The molecule has 13 heteroatoms. The van der Waals surface area contributed by atoms with Gasteiger partial charge in [0, 0.05) is 60.9 Å². The molecule has 234 valence electrons. The number of thiophene rings is 1. The molecule has 0 N–H and O–H groups in total. The Kier molecular flexibility index (Phi) is 9.25. The lowest BCUT2D eigenvalue weighted by molar-refractivity contribution is -0.141. The number of carbonyl (C=O) groups is 2. The number of amides is 2. The number of fused-ring (bicyclic) bond motifs is 1. The zero-order valence-corrected chi connectivity index (χ0v) is 26.1. The van der Waals surface area contributed by atoms with Crippen LogP contribution < -0.4 is 0 Å². The fraction of sp³-hybridized carbons (Fsp3) is 0.419. The average molecular weight is 632 g/mol. The van der Waals surface area contributed by atoms with E-state index in [0.717, 1.165) is 10.7 Å². The summed E-state index contributed by atoms with van der Waals surface area (Å²) in [6.07, 6.45) is -1.38. The van der Waals surface area contributed by atoms with E-state index in [2.05, 4.69) is 11.2 Å². The molecule has 44 heavy (non-hydrogen) atoms. The van der Waals surface area contributed by atoms with Gasteiger partial charge in [-0.3, -0.25) is 9.48 Å². The summed E-state index contributed by atoms with van der Waals surface area (Å²) in [6, 6.07) is 6.23.